The van der Waals surface area contributed by atoms with Crippen molar-refractivity contribution in [1.82, 2.24) is 19.7 Å². The maximum absolute atomic E-state index is 13.0. The fraction of sp³-hybridized carbons (Fsp3) is 0.182. The molecule has 162 valence electrons. The zero-order chi connectivity index (χ0) is 22.2. The number of hydrogen-bond acceptors (Lipinski definition) is 5. The maximum Gasteiger partial charge on any atom is 0.346 e. The second-order valence-electron chi connectivity index (χ2n) is 7.55. The first-order valence-corrected chi connectivity index (χ1v) is 10.0. The minimum atomic E-state index is -1.08. The number of hydrogen-bond donors (Lipinski definition) is 2. The van der Waals surface area contributed by atoms with Gasteiger partial charge < -0.3 is 16.0 Å². The van der Waals surface area contributed by atoms with Crippen LogP contribution in [0.5, 0.6) is 0 Å². The quantitative estimate of drug-likeness (QED) is 0.641. The lowest BCUT2D eigenvalue weighted by molar-refractivity contribution is -0.141. The Labute approximate surface area is 183 Å². The van der Waals surface area contributed by atoms with E-state index in [0.717, 1.165) is 10.2 Å². The molecule has 32 heavy (non-hydrogen) atoms. The van der Waals surface area contributed by atoms with Gasteiger partial charge in [0.15, 0.2) is 6.04 Å². The van der Waals surface area contributed by atoms with Crippen LogP contribution < -0.4 is 11.1 Å². The second kappa shape index (κ2) is 7.82. The number of fused-ring (bicyclic) bond motifs is 4. The standard InChI is InChI=1S/C22H20N6O4/c23-20(29)19-18-16(11-27(25-18)21(30)24-15-9-5-2-6-10-15)17-12-26(19)22(31)28(17)32-13-14-7-3-1-4-8-14/h1-11,17,19H,12-13H2,(H2,23,29)(H,24,30)/t17-,19?/m1/s1. The van der Waals surface area contributed by atoms with Gasteiger partial charge in [0.25, 0.3) is 0 Å². The Bertz CT molecular complexity index is 1180. The SMILES string of the molecule is NC(=O)C1c2nn(C(=O)Nc3ccccc3)cc2[C@H]2CN1C(=O)N2OCc1ccccc1. The summed E-state index contributed by atoms with van der Waals surface area (Å²) in [5.74, 6) is -0.725. The van der Waals surface area contributed by atoms with E-state index in [-0.39, 0.29) is 18.8 Å². The molecule has 3 heterocycles. The van der Waals surface area contributed by atoms with E-state index in [1.165, 1.54) is 16.2 Å². The minimum Gasteiger partial charge on any atom is -0.368 e. The molecule has 2 aliphatic rings. The number of amides is 4. The molecule has 10 nitrogen and oxygen atoms in total. The molecular weight excluding hydrogens is 412 g/mol. The molecule has 1 aromatic heterocycles. The van der Waals surface area contributed by atoms with Gasteiger partial charge in [-0.15, -0.1) is 0 Å². The number of primary amides is 1. The normalized spacial score (nSPS) is 19.1. The molecule has 0 radical (unpaired) electrons. The lowest BCUT2D eigenvalue weighted by atomic mass is 9.98. The van der Waals surface area contributed by atoms with Crippen molar-refractivity contribution in [2.24, 2.45) is 5.73 Å². The maximum atomic E-state index is 13.0. The third-order valence-corrected chi connectivity index (χ3v) is 5.50. The number of urea groups is 1. The van der Waals surface area contributed by atoms with Crippen LogP contribution >= 0.6 is 0 Å². The van der Waals surface area contributed by atoms with Gasteiger partial charge in [-0.25, -0.2) is 9.59 Å². The topological polar surface area (TPSA) is 123 Å². The molecule has 2 bridgehead atoms. The van der Waals surface area contributed by atoms with Gasteiger partial charge in [-0.3, -0.25) is 9.63 Å². The number of para-hydroxylation sites is 1. The van der Waals surface area contributed by atoms with Gasteiger partial charge in [0, 0.05) is 17.4 Å². The van der Waals surface area contributed by atoms with Crippen LogP contribution in [-0.2, 0) is 16.2 Å². The highest BCUT2D eigenvalue weighted by molar-refractivity contribution is 5.92. The molecule has 2 aromatic carbocycles. The number of nitrogens with two attached hydrogens (primary N) is 1. The van der Waals surface area contributed by atoms with Crippen molar-refractivity contribution in [2.45, 2.75) is 18.7 Å². The summed E-state index contributed by atoms with van der Waals surface area (Å²) >= 11 is 0. The first kappa shape index (κ1) is 19.8. The van der Waals surface area contributed by atoms with Crippen LogP contribution in [0, 0.1) is 0 Å². The van der Waals surface area contributed by atoms with E-state index in [4.69, 9.17) is 10.6 Å². The predicted molar refractivity (Wildman–Crippen MR) is 113 cm³/mol. The minimum absolute atomic E-state index is 0.177. The van der Waals surface area contributed by atoms with Gasteiger partial charge in [-0.2, -0.15) is 14.8 Å². The molecule has 2 aliphatic heterocycles. The largest absolute Gasteiger partial charge is 0.368 e. The van der Waals surface area contributed by atoms with E-state index >= 15 is 0 Å². The van der Waals surface area contributed by atoms with Crippen molar-refractivity contribution in [3.05, 3.63) is 83.7 Å². The number of aromatic nitrogens is 2. The number of anilines is 1. The first-order chi connectivity index (χ1) is 15.5. The number of nitrogens with one attached hydrogen (secondary N) is 1. The fourth-order valence-corrected chi connectivity index (χ4v) is 4.01. The van der Waals surface area contributed by atoms with Crippen molar-refractivity contribution in [3.63, 3.8) is 0 Å². The van der Waals surface area contributed by atoms with E-state index < -0.39 is 30.1 Å². The molecule has 2 atom stereocenters. The zero-order valence-corrected chi connectivity index (χ0v) is 16.9. The Morgan fingerprint density at radius 1 is 1.09 bits per heavy atom. The highest BCUT2D eigenvalue weighted by atomic mass is 16.7. The lowest BCUT2D eigenvalue weighted by Gasteiger charge is -2.26. The lowest BCUT2D eigenvalue weighted by Crippen LogP contribution is -2.41. The molecule has 1 saturated heterocycles. The smallest absolute Gasteiger partial charge is 0.346 e. The molecule has 1 fully saturated rings. The van der Waals surface area contributed by atoms with E-state index in [1.54, 1.807) is 24.3 Å². The Morgan fingerprint density at radius 3 is 2.47 bits per heavy atom. The summed E-state index contributed by atoms with van der Waals surface area (Å²) in [6, 6.07) is 15.8. The molecule has 3 N–H and O–H groups in total. The summed E-state index contributed by atoms with van der Waals surface area (Å²) in [6.07, 6.45) is 1.52. The van der Waals surface area contributed by atoms with Gasteiger partial charge in [-0.1, -0.05) is 48.5 Å². The van der Waals surface area contributed by atoms with Crippen LogP contribution in [0.25, 0.3) is 0 Å². The van der Waals surface area contributed by atoms with Crippen LogP contribution in [0.4, 0.5) is 15.3 Å². The molecule has 0 spiro atoms. The number of benzene rings is 2. The highest BCUT2D eigenvalue weighted by Gasteiger charge is 2.52. The Morgan fingerprint density at radius 2 is 1.78 bits per heavy atom. The Balaban J connectivity index is 1.44. The van der Waals surface area contributed by atoms with Crippen molar-refractivity contribution >= 4 is 23.7 Å². The molecule has 4 amide bonds. The third-order valence-electron chi connectivity index (χ3n) is 5.50. The zero-order valence-electron chi connectivity index (χ0n) is 16.9. The summed E-state index contributed by atoms with van der Waals surface area (Å²) in [4.78, 5) is 45.0. The van der Waals surface area contributed by atoms with Crippen LogP contribution in [-0.4, -0.2) is 44.3 Å². The van der Waals surface area contributed by atoms with E-state index in [9.17, 15) is 14.4 Å². The predicted octanol–water partition coefficient (Wildman–Crippen LogP) is 2.41. The van der Waals surface area contributed by atoms with Crippen LogP contribution in [0.15, 0.2) is 66.9 Å². The van der Waals surface area contributed by atoms with Crippen LogP contribution in [0.3, 0.4) is 0 Å². The van der Waals surface area contributed by atoms with Crippen molar-refractivity contribution in [3.8, 4) is 0 Å². The summed E-state index contributed by atoms with van der Waals surface area (Å²) in [5.41, 5.74) is 7.92. The van der Waals surface area contributed by atoms with Gasteiger partial charge in [0.05, 0.1) is 6.54 Å². The number of nitrogens with zero attached hydrogens (tertiary/aromatic N) is 4. The summed E-state index contributed by atoms with van der Waals surface area (Å²) in [6.45, 7) is 0.385. The molecule has 5 rings (SSSR count). The summed E-state index contributed by atoms with van der Waals surface area (Å²) in [7, 11) is 0. The third kappa shape index (κ3) is 3.36. The van der Waals surface area contributed by atoms with Gasteiger partial charge in [0.2, 0.25) is 5.91 Å². The Kier molecular flexibility index (Phi) is 4.83. The second-order valence-corrected chi connectivity index (χ2v) is 7.55. The first-order valence-electron chi connectivity index (χ1n) is 10.0. The Hall–Kier alpha value is -4.18. The molecule has 0 aliphatic carbocycles. The fourth-order valence-electron chi connectivity index (χ4n) is 4.01. The molecular formula is C22H20N6O4. The molecule has 0 saturated carbocycles. The number of carbonyl (C=O) groups excluding carboxylic acids is 3. The van der Waals surface area contributed by atoms with Gasteiger partial charge in [-0.05, 0) is 17.7 Å². The van der Waals surface area contributed by atoms with Crippen molar-refractivity contribution in [2.75, 3.05) is 11.9 Å². The highest BCUT2D eigenvalue weighted by Crippen LogP contribution is 2.43. The number of carbonyl (C=O) groups is 3. The monoisotopic (exact) mass is 432 g/mol. The van der Waals surface area contributed by atoms with Gasteiger partial charge in [0.1, 0.15) is 18.3 Å². The van der Waals surface area contributed by atoms with Gasteiger partial charge >= 0.3 is 12.1 Å². The van der Waals surface area contributed by atoms with E-state index in [0.29, 0.717) is 11.3 Å². The average molecular weight is 432 g/mol. The van der Waals surface area contributed by atoms with E-state index in [2.05, 4.69) is 10.4 Å². The van der Waals surface area contributed by atoms with Crippen molar-refractivity contribution in [1.29, 1.82) is 0 Å². The van der Waals surface area contributed by atoms with Crippen molar-refractivity contribution < 1.29 is 19.2 Å². The molecule has 10 heteroatoms. The van der Waals surface area contributed by atoms with Crippen LogP contribution in [0.1, 0.15) is 28.9 Å². The summed E-state index contributed by atoms with van der Waals surface area (Å²) < 4.78 is 1.12. The average Bonchev–Trinajstić information content (AvgIpc) is 3.35. The van der Waals surface area contributed by atoms with Crippen LogP contribution in [0.2, 0.25) is 0 Å². The summed E-state index contributed by atoms with van der Waals surface area (Å²) in [5, 5.41) is 8.28. The van der Waals surface area contributed by atoms with E-state index in [1.807, 2.05) is 36.4 Å². The molecule has 1 unspecified atom stereocenters. The molecule has 3 aromatic rings. The number of rotatable bonds is 5. The number of hydroxylamine groups is 2.